The highest BCUT2D eigenvalue weighted by Gasteiger charge is 2.84. The standard InChI is InChI=1S/C44H74N2O7/c1-10-50-37(39(5,6)48)29-19-27(2)34-35(52-29)36(47)42(9)31-12-11-30-38(3,4)32(13-14-43(30)23-44(31,43)16-15-41(34,42)8)53-33-22-46(17-18-51-33)28-20-45(21-28)24-40(7)25-49-26-40/h27-37,47-48H,10-26H2,1-9H3/t27-,29?,30+,31?,32+,33+,34+,35?,36+,37+,41-,42-,43?,44?/m1/s1. The molecule has 9 rings (SSSR count). The number of likely N-dealkylation sites (tertiary alicyclic amines) is 1. The summed E-state index contributed by atoms with van der Waals surface area (Å²) in [5, 5.41) is 23.8. The van der Waals surface area contributed by atoms with E-state index in [0.29, 0.717) is 52.6 Å². The SMILES string of the molecule is CCO[C@@H](C1C[C@@H](C)[C@H]2C(O1)[C@H](O)[C@@]1(C)C3CC[C@H]4C(C)(C)[C@@H](O[C@H]5CN(C6CN(CC7(C)COC7)C6)CCO5)CCC45CC35CC[C@]21C)C(C)(C)O. The molecule has 4 aliphatic heterocycles. The summed E-state index contributed by atoms with van der Waals surface area (Å²) in [4.78, 5) is 5.25. The summed E-state index contributed by atoms with van der Waals surface area (Å²) in [6, 6.07) is 0.610. The van der Waals surface area contributed by atoms with Crippen molar-refractivity contribution in [2.24, 2.45) is 56.2 Å². The summed E-state index contributed by atoms with van der Waals surface area (Å²) in [5.41, 5.74) is -0.119. The summed E-state index contributed by atoms with van der Waals surface area (Å²) >= 11 is 0. The number of aliphatic hydroxyl groups is 2. The maximum atomic E-state index is 12.7. The fraction of sp³-hybridized carbons (Fsp3) is 1.00. The average Bonchev–Trinajstić information content (AvgIpc) is 3.70. The van der Waals surface area contributed by atoms with Crippen molar-refractivity contribution in [3.8, 4) is 0 Å². The van der Waals surface area contributed by atoms with Crippen LogP contribution < -0.4 is 0 Å². The van der Waals surface area contributed by atoms with Crippen molar-refractivity contribution >= 4 is 0 Å². The second-order valence-corrected chi connectivity index (χ2v) is 22.2. The lowest BCUT2D eigenvalue weighted by molar-refractivity contribution is -0.254. The lowest BCUT2D eigenvalue weighted by atomic mass is 9.41. The molecule has 0 aromatic carbocycles. The van der Waals surface area contributed by atoms with Gasteiger partial charge in [-0.1, -0.05) is 41.5 Å². The van der Waals surface area contributed by atoms with Gasteiger partial charge in [0.15, 0.2) is 6.29 Å². The van der Waals surface area contributed by atoms with Crippen LogP contribution in [0.15, 0.2) is 0 Å². The van der Waals surface area contributed by atoms with Gasteiger partial charge in [-0.05, 0) is 117 Å². The highest BCUT2D eigenvalue weighted by atomic mass is 16.7. The average molecular weight is 743 g/mol. The molecule has 0 aromatic rings. The number of nitrogens with zero attached hydrogens (tertiary/aromatic N) is 2. The van der Waals surface area contributed by atoms with Crippen molar-refractivity contribution in [3.63, 3.8) is 0 Å². The third-order valence-electron chi connectivity index (χ3n) is 18.5. The van der Waals surface area contributed by atoms with E-state index in [1.807, 2.05) is 20.8 Å². The van der Waals surface area contributed by atoms with Gasteiger partial charge in [0, 0.05) is 56.2 Å². The monoisotopic (exact) mass is 743 g/mol. The van der Waals surface area contributed by atoms with Gasteiger partial charge in [-0.15, -0.1) is 0 Å². The Morgan fingerprint density at radius 3 is 2.34 bits per heavy atom. The largest absolute Gasteiger partial charge is 0.390 e. The number of hydrogen-bond acceptors (Lipinski definition) is 9. The smallest absolute Gasteiger partial charge is 0.170 e. The van der Waals surface area contributed by atoms with E-state index in [-0.39, 0.29) is 40.8 Å². The van der Waals surface area contributed by atoms with Gasteiger partial charge in [0.25, 0.3) is 0 Å². The molecular formula is C44H74N2O7. The highest BCUT2D eigenvalue weighted by Crippen LogP contribution is 2.89. The van der Waals surface area contributed by atoms with E-state index in [1.54, 1.807) is 0 Å². The van der Waals surface area contributed by atoms with Crippen LogP contribution in [0.1, 0.15) is 114 Å². The van der Waals surface area contributed by atoms with Gasteiger partial charge in [-0.2, -0.15) is 0 Å². The van der Waals surface area contributed by atoms with Crippen molar-refractivity contribution < 1.29 is 33.9 Å². The van der Waals surface area contributed by atoms with Crippen LogP contribution in [-0.2, 0) is 23.7 Å². The quantitative estimate of drug-likeness (QED) is 0.307. The molecule has 9 nitrogen and oxygen atoms in total. The number of rotatable bonds is 9. The van der Waals surface area contributed by atoms with Gasteiger partial charge in [-0.3, -0.25) is 9.80 Å². The number of ether oxygens (including phenoxy) is 5. The molecule has 5 aliphatic carbocycles. The van der Waals surface area contributed by atoms with Crippen LogP contribution >= 0.6 is 0 Å². The van der Waals surface area contributed by atoms with Crippen molar-refractivity contribution in [2.75, 3.05) is 59.2 Å². The Morgan fingerprint density at radius 2 is 1.66 bits per heavy atom. The van der Waals surface area contributed by atoms with E-state index >= 15 is 0 Å². The minimum atomic E-state index is -1.01. The molecule has 0 amide bonds. The molecule has 4 saturated heterocycles. The lowest BCUT2D eigenvalue weighted by Gasteiger charge is -2.64. The molecule has 5 saturated carbocycles. The van der Waals surface area contributed by atoms with Crippen LogP contribution in [0.25, 0.3) is 0 Å². The Hall–Kier alpha value is -0.360. The van der Waals surface area contributed by atoms with E-state index in [2.05, 4.69) is 51.3 Å². The Labute approximate surface area is 320 Å². The second-order valence-electron chi connectivity index (χ2n) is 22.2. The number of fused-ring (bicyclic) bond motifs is 4. The van der Waals surface area contributed by atoms with E-state index in [1.165, 1.54) is 38.5 Å². The van der Waals surface area contributed by atoms with Gasteiger partial charge in [0.05, 0.1) is 49.8 Å². The summed E-state index contributed by atoms with van der Waals surface area (Å²) < 4.78 is 32.1. The van der Waals surface area contributed by atoms with Crippen molar-refractivity contribution in [1.82, 2.24) is 9.80 Å². The molecule has 4 heterocycles. The summed E-state index contributed by atoms with van der Waals surface area (Å²) in [6.45, 7) is 28.9. The topological polar surface area (TPSA) is 93.1 Å². The molecule has 9 aliphatic rings. The van der Waals surface area contributed by atoms with E-state index in [9.17, 15) is 10.2 Å². The molecule has 2 spiro atoms. The lowest BCUT2D eigenvalue weighted by Crippen LogP contribution is -2.65. The molecule has 2 N–H and O–H groups in total. The first-order valence-electron chi connectivity index (χ1n) is 21.9. The zero-order valence-electron chi connectivity index (χ0n) is 34.7. The normalized spacial score (nSPS) is 51.1. The van der Waals surface area contributed by atoms with Crippen LogP contribution in [-0.4, -0.2) is 128 Å². The first-order valence-corrected chi connectivity index (χ1v) is 21.9. The Bertz CT molecular complexity index is 1390. The fourth-order valence-electron chi connectivity index (χ4n) is 15.9. The molecule has 9 fully saturated rings. The van der Waals surface area contributed by atoms with Gasteiger partial charge in [0.1, 0.15) is 6.10 Å². The number of aliphatic hydroxyl groups excluding tert-OH is 1. The van der Waals surface area contributed by atoms with E-state index < -0.39 is 17.8 Å². The molecule has 9 heteroatoms. The van der Waals surface area contributed by atoms with E-state index in [4.69, 9.17) is 23.7 Å². The van der Waals surface area contributed by atoms with Crippen LogP contribution in [0.4, 0.5) is 0 Å². The first-order chi connectivity index (χ1) is 24.9. The molecule has 5 unspecified atom stereocenters. The van der Waals surface area contributed by atoms with Crippen molar-refractivity contribution in [1.29, 1.82) is 0 Å². The van der Waals surface area contributed by atoms with Crippen LogP contribution in [0.5, 0.6) is 0 Å². The number of hydrogen-bond donors (Lipinski definition) is 2. The second kappa shape index (κ2) is 12.6. The number of morpholine rings is 1. The Morgan fingerprint density at radius 1 is 0.943 bits per heavy atom. The minimum absolute atomic E-state index is 0.0188. The summed E-state index contributed by atoms with van der Waals surface area (Å²) in [5.74, 6) is 1.84. The molecule has 0 bridgehead atoms. The van der Waals surface area contributed by atoms with E-state index in [0.717, 1.165) is 65.4 Å². The molecule has 0 radical (unpaired) electrons. The maximum absolute atomic E-state index is 12.7. The van der Waals surface area contributed by atoms with Gasteiger partial charge < -0.3 is 33.9 Å². The zero-order chi connectivity index (χ0) is 37.6. The van der Waals surface area contributed by atoms with Crippen LogP contribution in [0.2, 0.25) is 0 Å². The Kier molecular flexibility index (Phi) is 9.05. The third kappa shape index (κ3) is 5.39. The maximum Gasteiger partial charge on any atom is 0.170 e. The molecule has 0 aromatic heterocycles. The predicted molar refractivity (Wildman–Crippen MR) is 203 cm³/mol. The molecule has 53 heavy (non-hydrogen) atoms. The molecule has 14 atom stereocenters. The third-order valence-corrected chi connectivity index (χ3v) is 18.5. The minimum Gasteiger partial charge on any atom is -0.390 e. The molecular weight excluding hydrogens is 668 g/mol. The van der Waals surface area contributed by atoms with Gasteiger partial charge >= 0.3 is 0 Å². The first kappa shape index (κ1) is 38.2. The summed E-state index contributed by atoms with van der Waals surface area (Å²) in [7, 11) is 0. The van der Waals surface area contributed by atoms with Gasteiger partial charge in [0.2, 0.25) is 0 Å². The van der Waals surface area contributed by atoms with Gasteiger partial charge in [-0.25, -0.2) is 0 Å². The van der Waals surface area contributed by atoms with Crippen molar-refractivity contribution in [2.45, 2.75) is 162 Å². The Balaban J connectivity index is 0.884. The highest BCUT2D eigenvalue weighted by molar-refractivity contribution is 5.33. The van der Waals surface area contributed by atoms with Crippen LogP contribution in [0.3, 0.4) is 0 Å². The summed E-state index contributed by atoms with van der Waals surface area (Å²) in [6.07, 6.45) is 8.09. The van der Waals surface area contributed by atoms with Crippen molar-refractivity contribution in [3.05, 3.63) is 0 Å². The predicted octanol–water partition coefficient (Wildman–Crippen LogP) is 5.74. The van der Waals surface area contributed by atoms with Crippen LogP contribution in [0, 0.1) is 56.2 Å². The molecule has 302 valence electrons. The fourth-order valence-corrected chi connectivity index (χ4v) is 15.9. The zero-order valence-corrected chi connectivity index (χ0v) is 34.7.